The van der Waals surface area contributed by atoms with Crippen molar-refractivity contribution >= 4 is 29.3 Å². The van der Waals surface area contributed by atoms with E-state index in [1.54, 1.807) is 9.32 Å². The van der Waals surface area contributed by atoms with Gasteiger partial charge in [0, 0.05) is 26.1 Å². The highest BCUT2D eigenvalue weighted by atomic mass is 35.5. The first kappa shape index (κ1) is 14.2. The van der Waals surface area contributed by atoms with Crippen molar-refractivity contribution in [3.8, 4) is 0 Å². The van der Waals surface area contributed by atoms with Crippen LogP contribution in [-0.4, -0.2) is 41.4 Å². The highest BCUT2D eigenvalue weighted by Gasteiger charge is 2.44. The lowest BCUT2D eigenvalue weighted by molar-refractivity contribution is 0.0703. The molecule has 108 valence electrons. The number of hydrogen-bond acceptors (Lipinski definition) is 2. The Morgan fingerprint density at radius 1 is 1.35 bits per heavy atom. The van der Waals surface area contributed by atoms with Gasteiger partial charge in [0.05, 0.1) is 16.6 Å². The summed E-state index contributed by atoms with van der Waals surface area (Å²) in [5, 5.41) is 0.578. The van der Waals surface area contributed by atoms with Gasteiger partial charge < -0.3 is 4.90 Å². The van der Waals surface area contributed by atoms with Crippen LogP contribution in [0.5, 0.6) is 0 Å². The van der Waals surface area contributed by atoms with E-state index in [1.165, 1.54) is 5.56 Å². The summed E-state index contributed by atoms with van der Waals surface area (Å²) in [6.45, 7) is 3.62. The van der Waals surface area contributed by atoms with E-state index >= 15 is 0 Å². The number of fused-ring (bicyclic) bond motifs is 3. The number of aryl methyl sites for hydroxylation is 1. The van der Waals surface area contributed by atoms with Crippen LogP contribution in [0.4, 0.5) is 0 Å². The van der Waals surface area contributed by atoms with Gasteiger partial charge in [-0.25, -0.2) is 4.42 Å². The Morgan fingerprint density at radius 3 is 2.80 bits per heavy atom. The van der Waals surface area contributed by atoms with E-state index in [4.69, 9.17) is 23.4 Å². The standard InChI is InChI=1S/C15H18Cl2N2O/c1-3-4-9-5-10-11-7-19(17)8-13(11)18(2)15(20)14(10)12(16)6-9/h5-6,11,13H,3-4,7-8H2,1-2H3/t11-,13+/m1/s1. The Kier molecular flexibility index (Phi) is 3.69. The molecule has 2 aliphatic heterocycles. The number of amides is 1. The van der Waals surface area contributed by atoms with E-state index in [9.17, 15) is 4.79 Å². The lowest BCUT2D eigenvalue weighted by atomic mass is 9.84. The van der Waals surface area contributed by atoms with Gasteiger partial charge in [0.1, 0.15) is 0 Å². The third kappa shape index (κ3) is 2.12. The molecule has 1 saturated heterocycles. The number of carbonyl (C=O) groups excluding carboxylic acids is 1. The van der Waals surface area contributed by atoms with Crippen molar-refractivity contribution in [1.82, 2.24) is 9.32 Å². The maximum absolute atomic E-state index is 12.5. The van der Waals surface area contributed by atoms with Crippen LogP contribution in [0.15, 0.2) is 12.1 Å². The van der Waals surface area contributed by atoms with E-state index < -0.39 is 0 Å². The smallest absolute Gasteiger partial charge is 0.255 e. The molecule has 0 saturated carbocycles. The molecule has 5 heteroatoms. The predicted molar refractivity (Wildman–Crippen MR) is 81.5 cm³/mol. The normalized spacial score (nSPS) is 25.8. The Hall–Kier alpha value is -0.770. The fourth-order valence-corrected chi connectivity index (χ4v) is 4.02. The molecule has 0 radical (unpaired) electrons. The minimum Gasteiger partial charge on any atom is -0.337 e. The summed E-state index contributed by atoms with van der Waals surface area (Å²) in [6, 6.07) is 4.24. The molecule has 0 N–H and O–H groups in total. The molecule has 0 aromatic heterocycles. The van der Waals surface area contributed by atoms with Crippen LogP contribution in [-0.2, 0) is 6.42 Å². The summed E-state index contributed by atoms with van der Waals surface area (Å²) in [6.07, 6.45) is 2.05. The Morgan fingerprint density at radius 2 is 2.10 bits per heavy atom. The van der Waals surface area contributed by atoms with Crippen molar-refractivity contribution < 1.29 is 4.79 Å². The molecule has 1 aromatic carbocycles. The molecule has 2 aliphatic rings. The minimum absolute atomic E-state index is 0.0151. The fraction of sp³-hybridized carbons (Fsp3) is 0.533. The largest absolute Gasteiger partial charge is 0.337 e. The first-order chi connectivity index (χ1) is 9.52. The van der Waals surface area contributed by atoms with Crippen LogP contribution in [0.1, 0.15) is 40.7 Å². The number of nitrogens with zero attached hydrogens (tertiary/aromatic N) is 2. The molecule has 3 nitrogen and oxygen atoms in total. The molecular formula is C15H18Cl2N2O. The van der Waals surface area contributed by atoms with Crippen molar-refractivity contribution in [2.75, 3.05) is 20.1 Å². The van der Waals surface area contributed by atoms with E-state index in [-0.39, 0.29) is 17.9 Å². The Bertz CT molecular complexity index is 561. The van der Waals surface area contributed by atoms with Crippen LogP contribution in [0.25, 0.3) is 0 Å². The van der Waals surface area contributed by atoms with Gasteiger partial charge in [-0.2, -0.15) is 0 Å². The number of carbonyl (C=O) groups is 1. The predicted octanol–water partition coefficient (Wildman–Crippen LogP) is 3.30. The van der Waals surface area contributed by atoms with E-state index in [2.05, 4.69) is 13.0 Å². The molecule has 0 spiro atoms. The summed E-state index contributed by atoms with van der Waals surface area (Å²) in [5.41, 5.74) is 2.96. The Labute approximate surface area is 129 Å². The second kappa shape index (κ2) is 5.21. The van der Waals surface area contributed by atoms with Crippen LogP contribution < -0.4 is 0 Å². The lowest BCUT2D eigenvalue weighted by Gasteiger charge is -2.36. The fourth-order valence-electron chi connectivity index (χ4n) is 3.40. The summed E-state index contributed by atoms with van der Waals surface area (Å²) < 4.78 is 1.77. The molecule has 0 bridgehead atoms. The van der Waals surface area contributed by atoms with E-state index in [1.807, 2.05) is 13.1 Å². The maximum atomic E-state index is 12.5. The van der Waals surface area contributed by atoms with Crippen LogP contribution >= 0.6 is 23.4 Å². The molecular weight excluding hydrogens is 295 g/mol. The van der Waals surface area contributed by atoms with Crippen molar-refractivity contribution in [3.63, 3.8) is 0 Å². The molecule has 0 aliphatic carbocycles. The van der Waals surface area contributed by atoms with Gasteiger partial charge in [-0.15, -0.1) is 0 Å². The van der Waals surface area contributed by atoms with Gasteiger partial charge in [-0.05, 0) is 35.4 Å². The molecule has 1 amide bonds. The van der Waals surface area contributed by atoms with Gasteiger partial charge in [0.25, 0.3) is 5.91 Å². The van der Waals surface area contributed by atoms with Crippen LogP contribution in [0, 0.1) is 0 Å². The third-order valence-corrected chi connectivity index (χ3v) is 4.97. The Balaban J connectivity index is 2.13. The highest BCUT2D eigenvalue weighted by Crippen LogP contribution is 2.41. The van der Waals surface area contributed by atoms with Crippen molar-refractivity contribution in [1.29, 1.82) is 0 Å². The molecule has 1 fully saturated rings. The number of benzene rings is 1. The SMILES string of the molecule is CCCc1cc(Cl)c2c(c1)[C@H]1CN(Cl)C[C@@H]1N(C)C2=O. The van der Waals surface area contributed by atoms with Crippen molar-refractivity contribution in [2.45, 2.75) is 31.7 Å². The van der Waals surface area contributed by atoms with Gasteiger partial charge >= 0.3 is 0 Å². The molecule has 0 unspecified atom stereocenters. The molecule has 20 heavy (non-hydrogen) atoms. The average molecular weight is 313 g/mol. The van der Waals surface area contributed by atoms with Gasteiger partial charge in [-0.3, -0.25) is 4.79 Å². The van der Waals surface area contributed by atoms with Gasteiger partial charge in [0.2, 0.25) is 0 Å². The molecule has 2 atom stereocenters. The second-order valence-corrected chi connectivity index (χ2v) is 6.59. The number of hydrogen-bond donors (Lipinski definition) is 0. The number of halogens is 2. The third-order valence-electron chi connectivity index (χ3n) is 4.39. The zero-order chi connectivity index (χ0) is 14.4. The van der Waals surface area contributed by atoms with Crippen LogP contribution in [0.3, 0.4) is 0 Å². The summed E-state index contributed by atoms with van der Waals surface area (Å²) in [4.78, 5) is 14.3. The minimum atomic E-state index is 0.0151. The summed E-state index contributed by atoms with van der Waals surface area (Å²) >= 11 is 12.5. The number of likely N-dealkylation sites (N-methyl/N-ethyl adjacent to an activating group) is 1. The summed E-state index contributed by atoms with van der Waals surface area (Å²) in [7, 11) is 1.84. The second-order valence-electron chi connectivity index (χ2n) is 5.71. The maximum Gasteiger partial charge on any atom is 0.255 e. The first-order valence-electron chi connectivity index (χ1n) is 7.03. The molecule has 1 aromatic rings. The van der Waals surface area contributed by atoms with Crippen LogP contribution in [0.2, 0.25) is 5.02 Å². The average Bonchev–Trinajstić information content (AvgIpc) is 2.78. The molecule has 2 heterocycles. The van der Waals surface area contributed by atoms with Gasteiger partial charge in [0.15, 0.2) is 0 Å². The first-order valence-corrected chi connectivity index (χ1v) is 7.74. The van der Waals surface area contributed by atoms with Crippen molar-refractivity contribution in [3.05, 3.63) is 33.8 Å². The lowest BCUT2D eigenvalue weighted by Crippen LogP contribution is -2.45. The van der Waals surface area contributed by atoms with E-state index in [0.717, 1.165) is 24.9 Å². The zero-order valence-corrected chi connectivity index (χ0v) is 13.2. The summed E-state index contributed by atoms with van der Waals surface area (Å²) in [5.74, 6) is 0.278. The monoisotopic (exact) mass is 312 g/mol. The zero-order valence-electron chi connectivity index (χ0n) is 11.7. The highest BCUT2D eigenvalue weighted by molar-refractivity contribution is 6.34. The number of rotatable bonds is 2. The van der Waals surface area contributed by atoms with E-state index in [0.29, 0.717) is 17.1 Å². The van der Waals surface area contributed by atoms with Gasteiger partial charge in [-0.1, -0.05) is 31.0 Å². The molecule has 3 rings (SSSR count). The quantitative estimate of drug-likeness (QED) is 0.782. The topological polar surface area (TPSA) is 23.6 Å². The van der Waals surface area contributed by atoms with Crippen molar-refractivity contribution in [2.24, 2.45) is 0 Å².